The van der Waals surface area contributed by atoms with Crippen LogP contribution in [0.5, 0.6) is 0 Å². The summed E-state index contributed by atoms with van der Waals surface area (Å²) < 4.78 is 0. The van der Waals surface area contributed by atoms with Gasteiger partial charge in [0.2, 0.25) is 0 Å². The van der Waals surface area contributed by atoms with Crippen LogP contribution in [0.4, 0.5) is 0 Å². The fourth-order valence-electron chi connectivity index (χ4n) is 1.41. The first-order valence-corrected chi connectivity index (χ1v) is 4.57. The smallest absolute Gasteiger partial charge is 0.0892 e. The molecular weight excluding hydrogens is 174 g/mol. The lowest BCUT2D eigenvalue weighted by Crippen LogP contribution is -2.38. The van der Waals surface area contributed by atoms with Crippen molar-refractivity contribution in [3.05, 3.63) is 42.0 Å². The van der Waals surface area contributed by atoms with E-state index in [9.17, 15) is 0 Å². The molecule has 1 heterocycles. The molecule has 1 rings (SSSR count). The zero-order valence-electron chi connectivity index (χ0n) is 8.96. The molecule has 0 bridgehead atoms. The van der Waals surface area contributed by atoms with Gasteiger partial charge in [0.1, 0.15) is 0 Å². The van der Waals surface area contributed by atoms with Crippen LogP contribution in [0.1, 0.15) is 25.1 Å². The first-order chi connectivity index (χ1) is 6.42. The van der Waals surface area contributed by atoms with Gasteiger partial charge < -0.3 is 11.1 Å². The van der Waals surface area contributed by atoms with Gasteiger partial charge in [-0.25, -0.2) is 0 Å². The minimum absolute atomic E-state index is 0.209. The first-order valence-electron chi connectivity index (χ1n) is 4.57. The monoisotopic (exact) mass is 191 g/mol. The van der Waals surface area contributed by atoms with E-state index in [4.69, 9.17) is 5.73 Å². The summed E-state index contributed by atoms with van der Waals surface area (Å²) in [6, 6.07) is 4.01. The lowest BCUT2D eigenvalue weighted by Gasteiger charge is -2.27. The second kappa shape index (κ2) is 3.70. The molecular formula is C11H17N3. The summed E-state index contributed by atoms with van der Waals surface area (Å²) in [7, 11) is 0. The van der Waals surface area contributed by atoms with Crippen LogP contribution in [0.2, 0.25) is 0 Å². The molecule has 1 aromatic heterocycles. The van der Waals surface area contributed by atoms with Crippen molar-refractivity contribution in [2.24, 2.45) is 5.73 Å². The van der Waals surface area contributed by atoms with Crippen LogP contribution in [0.25, 0.3) is 0 Å². The molecule has 0 amide bonds. The highest BCUT2D eigenvalue weighted by Crippen LogP contribution is 2.20. The van der Waals surface area contributed by atoms with E-state index in [1.54, 1.807) is 6.20 Å². The fraction of sp³-hybridized carbons (Fsp3) is 0.364. The summed E-state index contributed by atoms with van der Waals surface area (Å²) >= 11 is 0. The number of rotatable bonds is 3. The molecule has 0 aliphatic heterocycles. The molecule has 3 heteroatoms. The van der Waals surface area contributed by atoms with E-state index in [1.165, 1.54) is 0 Å². The van der Waals surface area contributed by atoms with Crippen LogP contribution in [-0.2, 0) is 5.54 Å². The Balaban J connectivity index is 2.97. The third-order valence-corrected chi connectivity index (χ3v) is 2.09. The van der Waals surface area contributed by atoms with Gasteiger partial charge in [-0.15, -0.1) is 0 Å². The van der Waals surface area contributed by atoms with E-state index < -0.39 is 0 Å². The molecule has 0 aliphatic rings. The lowest BCUT2D eigenvalue weighted by molar-refractivity contribution is 0.446. The SMILES string of the molecule is C=C(N)NC(C)(C)c1ccnc(C)c1. The molecule has 0 radical (unpaired) electrons. The minimum Gasteiger partial charge on any atom is -0.386 e. The van der Waals surface area contributed by atoms with E-state index in [0.717, 1.165) is 11.3 Å². The fourth-order valence-corrected chi connectivity index (χ4v) is 1.41. The van der Waals surface area contributed by atoms with E-state index in [0.29, 0.717) is 5.82 Å². The highest BCUT2D eigenvalue weighted by atomic mass is 15.0. The zero-order valence-corrected chi connectivity index (χ0v) is 8.96. The van der Waals surface area contributed by atoms with Crippen molar-refractivity contribution in [3.8, 4) is 0 Å². The summed E-state index contributed by atoms with van der Waals surface area (Å²) in [4.78, 5) is 4.15. The molecule has 14 heavy (non-hydrogen) atoms. The van der Waals surface area contributed by atoms with Crippen LogP contribution >= 0.6 is 0 Å². The molecule has 0 saturated carbocycles. The highest BCUT2D eigenvalue weighted by Gasteiger charge is 2.19. The summed E-state index contributed by atoms with van der Waals surface area (Å²) in [6.45, 7) is 9.72. The molecule has 0 unspecified atom stereocenters. The van der Waals surface area contributed by atoms with Gasteiger partial charge >= 0.3 is 0 Å². The maximum atomic E-state index is 5.53. The van der Waals surface area contributed by atoms with Gasteiger partial charge in [-0.2, -0.15) is 0 Å². The molecule has 0 fully saturated rings. The van der Waals surface area contributed by atoms with E-state index in [2.05, 4.69) is 30.7 Å². The summed E-state index contributed by atoms with van der Waals surface area (Å²) in [5.74, 6) is 0.476. The molecule has 1 aromatic rings. The zero-order chi connectivity index (χ0) is 10.8. The second-order valence-electron chi connectivity index (χ2n) is 3.96. The van der Waals surface area contributed by atoms with Crippen molar-refractivity contribution in [3.63, 3.8) is 0 Å². The standard InChI is InChI=1S/C11H17N3/c1-8-7-10(5-6-13-8)11(3,4)14-9(2)12/h5-7,14H,2,12H2,1,3-4H3. The Labute approximate surface area is 85.0 Å². The average Bonchev–Trinajstić information content (AvgIpc) is 2.01. The van der Waals surface area contributed by atoms with Gasteiger partial charge in [-0.1, -0.05) is 6.58 Å². The van der Waals surface area contributed by atoms with E-state index >= 15 is 0 Å². The predicted molar refractivity (Wildman–Crippen MR) is 58.5 cm³/mol. The maximum absolute atomic E-state index is 5.53. The number of hydrogen-bond acceptors (Lipinski definition) is 3. The lowest BCUT2D eigenvalue weighted by atomic mass is 9.95. The topological polar surface area (TPSA) is 50.9 Å². The van der Waals surface area contributed by atoms with Crippen LogP contribution in [-0.4, -0.2) is 4.98 Å². The largest absolute Gasteiger partial charge is 0.386 e. The Morgan fingerprint density at radius 3 is 2.71 bits per heavy atom. The van der Waals surface area contributed by atoms with Gasteiger partial charge in [0.15, 0.2) is 0 Å². The van der Waals surface area contributed by atoms with Crippen LogP contribution in [0.15, 0.2) is 30.7 Å². The highest BCUT2D eigenvalue weighted by molar-refractivity contribution is 5.24. The Morgan fingerprint density at radius 1 is 1.57 bits per heavy atom. The minimum atomic E-state index is -0.209. The maximum Gasteiger partial charge on any atom is 0.0892 e. The van der Waals surface area contributed by atoms with Crippen molar-refractivity contribution in [2.45, 2.75) is 26.3 Å². The number of aromatic nitrogens is 1. The summed E-state index contributed by atoms with van der Waals surface area (Å²) in [5.41, 5.74) is 7.47. The van der Waals surface area contributed by atoms with Gasteiger partial charge in [-0.3, -0.25) is 4.98 Å². The molecule has 0 atom stereocenters. The van der Waals surface area contributed by atoms with Crippen LogP contribution < -0.4 is 11.1 Å². The van der Waals surface area contributed by atoms with Crippen molar-refractivity contribution in [2.75, 3.05) is 0 Å². The van der Waals surface area contributed by atoms with Gasteiger partial charge in [0, 0.05) is 11.9 Å². The van der Waals surface area contributed by atoms with Crippen molar-refractivity contribution in [1.29, 1.82) is 0 Å². The van der Waals surface area contributed by atoms with Gasteiger partial charge in [0.25, 0.3) is 0 Å². The summed E-state index contributed by atoms with van der Waals surface area (Å²) in [6.07, 6.45) is 1.80. The first kappa shape index (κ1) is 10.6. The second-order valence-corrected chi connectivity index (χ2v) is 3.96. The summed E-state index contributed by atoms with van der Waals surface area (Å²) in [5, 5.41) is 3.12. The number of nitrogens with two attached hydrogens (primary N) is 1. The number of pyridine rings is 1. The molecule has 0 aliphatic carbocycles. The third-order valence-electron chi connectivity index (χ3n) is 2.09. The molecule has 0 spiro atoms. The van der Waals surface area contributed by atoms with E-state index in [-0.39, 0.29) is 5.54 Å². The Bertz CT molecular complexity index is 342. The van der Waals surface area contributed by atoms with Crippen molar-refractivity contribution < 1.29 is 0 Å². The molecule has 3 nitrogen and oxygen atoms in total. The molecule has 0 aromatic carbocycles. The Hall–Kier alpha value is -1.51. The Morgan fingerprint density at radius 2 is 2.21 bits per heavy atom. The van der Waals surface area contributed by atoms with Gasteiger partial charge in [0.05, 0.1) is 11.4 Å². The van der Waals surface area contributed by atoms with E-state index in [1.807, 2.05) is 19.1 Å². The quantitative estimate of drug-likeness (QED) is 0.763. The van der Waals surface area contributed by atoms with Crippen LogP contribution in [0.3, 0.4) is 0 Å². The number of aryl methyl sites for hydroxylation is 1. The molecule has 76 valence electrons. The average molecular weight is 191 g/mol. The number of nitrogens with zero attached hydrogens (tertiary/aromatic N) is 1. The normalized spacial score (nSPS) is 11.1. The molecule has 0 saturated heterocycles. The third kappa shape index (κ3) is 2.49. The number of hydrogen-bond donors (Lipinski definition) is 2. The molecule has 3 N–H and O–H groups in total. The van der Waals surface area contributed by atoms with Crippen LogP contribution in [0, 0.1) is 6.92 Å². The number of nitrogens with one attached hydrogen (secondary N) is 1. The predicted octanol–water partition coefficient (Wildman–Crippen LogP) is 1.64. The van der Waals surface area contributed by atoms with Crippen molar-refractivity contribution in [1.82, 2.24) is 10.3 Å². The Kier molecular flexibility index (Phi) is 2.79. The van der Waals surface area contributed by atoms with Crippen molar-refractivity contribution >= 4 is 0 Å². The van der Waals surface area contributed by atoms with Gasteiger partial charge in [-0.05, 0) is 38.5 Å².